The highest BCUT2D eigenvalue weighted by Crippen LogP contribution is 2.39. The Kier molecular flexibility index (Phi) is 5.73. The molecule has 0 amide bonds. The van der Waals surface area contributed by atoms with Crippen molar-refractivity contribution in [3.05, 3.63) is 70.8 Å². The summed E-state index contributed by atoms with van der Waals surface area (Å²) >= 11 is 5.99. The summed E-state index contributed by atoms with van der Waals surface area (Å²) in [5.74, 6) is -1.48. The average molecular weight is 460 g/mol. The standard InChI is InChI=1S/C23H21ClF3N5/c24-21-3-1-2-16(28-21)12-32-10-13-6-17(7-14(13)11-32)29-22-5-4-20(30-31-22)18-8-15(25)9-19(26)23(18)27/h1-5,8-9,13-14,17H,6-7,10-12H2,(H,29,31)/t13-,14+,17?. The molecule has 2 fully saturated rings. The number of pyridine rings is 1. The molecule has 1 aromatic carbocycles. The van der Waals surface area contributed by atoms with Crippen LogP contribution < -0.4 is 5.32 Å². The van der Waals surface area contributed by atoms with Gasteiger partial charge in [0.2, 0.25) is 0 Å². The molecule has 0 radical (unpaired) electrons. The Labute approximate surface area is 188 Å². The molecule has 1 aliphatic heterocycles. The summed E-state index contributed by atoms with van der Waals surface area (Å²) in [5, 5.41) is 12.0. The zero-order valence-corrected chi connectivity index (χ0v) is 17.9. The number of halogens is 4. The van der Waals surface area contributed by atoms with Crippen molar-refractivity contribution in [1.82, 2.24) is 20.1 Å². The minimum atomic E-state index is -1.25. The van der Waals surface area contributed by atoms with Crippen LogP contribution in [0.5, 0.6) is 0 Å². The first-order valence-corrected chi connectivity index (χ1v) is 10.9. The molecule has 5 nitrogen and oxygen atoms in total. The van der Waals surface area contributed by atoms with E-state index in [9.17, 15) is 13.2 Å². The molecule has 3 atom stereocenters. The minimum Gasteiger partial charge on any atom is -0.366 e. The highest BCUT2D eigenvalue weighted by Gasteiger charge is 2.40. The summed E-state index contributed by atoms with van der Waals surface area (Å²) in [6, 6.07) is 10.6. The number of likely N-dealkylation sites (tertiary alicyclic amines) is 1. The highest BCUT2D eigenvalue weighted by molar-refractivity contribution is 6.29. The molecule has 3 heterocycles. The van der Waals surface area contributed by atoms with Gasteiger partial charge in [-0.3, -0.25) is 4.90 Å². The molecular weight excluding hydrogens is 439 g/mol. The Morgan fingerprint density at radius 3 is 2.47 bits per heavy atom. The first-order valence-electron chi connectivity index (χ1n) is 10.5. The van der Waals surface area contributed by atoms with Gasteiger partial charge in [0.15, 0.2) is 11.6 Å². The summed E-state index contributed by atoms with van der Waals surface area (Å²) in [7, 11) is 0. The first-order chi connectivity index (χ1) is 15.4. The Balaban J connectivity index is 1.18. The van der Waals surface area contributed by atoms with E-state index in [0.717, 1.165) is 44.2 Å². The highest BCUT2D eigenvalue weighted by atomic mass is 35.5. The molecule has 5 rings (SSSR count). The van der Waals surface area contributed by atoms with Crippen LogP contribution in [0.1, 0.15) is 18.5 Å². The van der Waals surface area contributed by atoms with Crippen LogP contribution in [-0.4, -0.2) is 39.2 Å². The van der Waals surface area contributed by atoms with Crippen LogP contribution in [0.2, 0.25) is 5.15 Å². The van der Waals surface area contributed by atoms with Crippen molar-refractivity contribution in [2.45, 2.75) is 25.4 Å². The van der Waals surface area contributed by atoms with Crippen LogP contribution in [-0.2, 0) is 6.54 Å². The zero-order chi connectivity index (χ0) is 22.2. The van der Waals surface area contributed by atoms with E-state index in [0.29, 0.717) is 28.9 Å². The van der Waals surface area contributed by atoms with Gasteiger partial charge in [-0.2, -0.15) is 0 Å². The minimum absolute atomic E-state index is 0.0833. The summed E-state index contributed by atoms with van der Waals surface area (Å²) in [6.45, 7) is 2.84. The van der Waals surface area contributed by atoms with E-state index in [1.807, 2.05) is 12.1 Å². The van der Waals surface area contributed by atoms with Gasteiger partial charge < -0.3 is 5.32 Å². The topological polar surface area (TPSA) is 53.9 Å². The molecule has 1 N–H and O–H groups in total. The van der Waals surface area contributed by atoms with Gasteiger partial charge in [-0.15, -0.1) is 10.2 Å². The van der Waals surface area contributed by atoms with Gasteiger partial charge >= 0.3 is 0 Å². The molecule has 166 valence electrons. The first kappa shape index (κ1) is 21.2. The number of benzene rings is 1. The fourth-order valence-electron chi connectivity index (χ4n) is 4.92. The van der Waals surface area contributed by atoms with Crippen molar-refractivity contribution in [2.24, 2.45) is 11.8 Å². The molecule has 1 unspecified atom stereocenters. The van der Waals surface area contributed by atoms with Crippen LogP contribution in [0, 0.1) is 29.3 Å². The number of nitrogens with zero attached hydrogens (tertiary/aromatic N) is 4. The Morgan fingerprint density at radius 1 is 1.00 bits per heavy atom. The average Bonchev–Trinajstić information content (AvgIpc) is 3.29. The van der Waals surface area contributed by atoms with E-state index in [1.165, 1.54) is 6.07 Å². The lowest BCUT2D eigenvalue weighted by atomic mass is 10.0. The van der Waals surface area contributed by atoms with Crippen molar-refractivity contribution >= 4 is 17.4 Å². The molecule has 2 aromatic heterocycles. The van der Waals surface area contributed by atoms with Crippen molar-refractivity contribution in [3.8, 4) is 11.3 Å². The van der Waals surface area contributed by atoms with E-state index in [4.69, 9.17) is 11.6 Å². The normalized spacial score (nSPS) is 22.8. The van der Waals surface area contributed by atoms with Crippen LogP contribution in [0.15, 0.2) is 42.5 Å². The Morgan fingerprint density at radius 2 is 1.78 bits per heavy atom. The quantitative estimate of drug-likeness (QED) is 0.433. The van der Waals surface area contributed by atoms with E-state index < -0.39 is 17.5 Å². The van der Waals surface area contributed by atoms with Crippen LogP contribution >= 0.6 is 11.6 Å². The summed E-state index contributed by atoms with van der Waals surface area (Å²) in [4.78, 5) is 6.80. The van der Waals surface area contributed by atoms with Gasteiger partial charge in [-0.1, -0.05) is 17.7 Å². The lowest BCUT2D eigenvalue weighted by Gasteiger charge is -2.19. The third kappa shape index (κ3) is 4.42. The lowest BCUT2D eigenvalue weighted by Crippen LogP contribution is -2.25. The smallest absolute Gasteiger partial charge is 0.168 e. The largest absolute Gasteiger partial charge is 0.366 e. The lowest BCUT2D eigenvalue weighted by molar-refractivity contribution is 0.297. The maximum absolute atomic E-state index is 14.0. The summed E-state index contributed by atoms with van der Waals surface area (Å²) in [6.07, 6.45) is 2.05. The van der Waals surface area contributed by atoms with Gasteiger partial charge in [0, 0.05) is 37.3 Å². The van der Waals surface area contributed by atoms with E-state index >= 15 is 0 Å². The predicted molar refractivity (Wildman–Crippen MR) is 115 cm³/mol. The molecule has 2 aliphatic rings. The second kappa shape index (κ2) is 8.67. The Hall–Kier alpha value is -2.71. The Bertz CT molecular complexity index is 1110. The van der Waals surface area contributed by atoms with Crippen LogP contribution in [0.3, 0.4) is 0 Å². The molecule has 1 saturated carbocycles. The molecule has 1 saturated heterocycles. The van der Waals surface area contributed by atoms with Gasteiger partial charge in [0.05, 0.1) is 11.4 Å². The van der Waals surface area contributed by atoms with E-state index in [-0.39, 0.29) is 17.3 Å². The van der Waals surface area contributed by atoms with Gasteiger partial charge in [0.1, 0.15) is 16.8 Å². The van der Waals surface area contributed by atoms with E-state index in [1.54, 1.807) is 12.1 Å². The number of hydrogen-bond donors (Lipinski definition) is 1. The maximum atomic E-state index is 14.0. The van der Waals surface area contributed by atoms with Crippen molar-refractivity contribution in [1.29, 1.82) is 0 Å². The van der Waals surface area contributed by atoms with E-state index in [2.05, 4.69) is 25.4 Å². The van der Waals surface area contributed by atoms with Crippen molar-refractivity contribution in [2.75, 3.05) is 18.4 Å². The molecule has 0 spiro atoms. The third-order valence-electron chi connectivity index (χ3n) is 6.27. The molecular formula is C23H21ClF3N5. The fourth-order valence-corrected chi connectivity index (χ4v) is 5.10. The summed E-state index contributed by atoms with van der Waals surface area (Å²) < 4.78 is 40.9. The number of anilines is 1. The third-order valence-corrected chi connectivity index (χ3v) is 6.48. The number of aromatic nitrogens is 3. The zero-order valence-electron chi connectivity index (χ0n) is 17.1. The SMILES string of the molecule is Fc1cc(F)c(F)c(-c2ccc(NC3C[C@@H]4CN(Cc5cccc(Cl)n5)C[C@@H]4C3)nn2)c1. The maximum Gasteiger partial charge on any atom is 0.168 e. The van der Waals surface area contributed by atoms with Crippen molar-refractivity contribution in [3.63, 3.8) is 0 Å². The summed E-state index contributed by atoms with van der Waals surface area (Å²) in [5.41, 5.74) is 0.823. The van der Waals surface area contributed by atoms with Gasteiger partial charge in [0.25, 0.3) is 0 Å². The number of rotatable bonds is 5. The van der Waals surface area contributed by atoms with Crippen LogP contribution in [0.4, 0.5) is 19.0 Å². The van der Waals surface area contributed by atoms with Gasteiger partial charge in [-0.05, 0) is 55.0 Å². The fraction of sp³-hybridized carbons (Fsp3) is 0.348. The second-order valence-corrected chi connectivity index (χ2v) is 8.92. The number of nitrogens with one attached hydrogen (secondary N) is 1. The van der Waals surface area contributed by atoms with Crippen LogP contribution in [0.25, 0.3) is 11.3 Å². The molecule has 32 heavy (non-hydrogen) atoms. The number of fused-ring (bicyclic) bond motifs is 1. The molecule has 9 heteroatoms. The van der Waals surface area contributed by atoms with Crippen molar-refractivity contribution < 1.29 is 13.2 Å². The second-order valence-electron chi connectivity index (χ2n) is 8.53. The molecule has 0 bridgehead atoms. The number of hydrogen-bond acceptors (Lipinski definition) is 5. The predicted octanol–water partition coefficient (Wildman–Crippen LogP) is 4.93. The molecule has 1 aliphatic carbocycles. The van der Waals surface area contributed by atoms with Gasteiger partial charge in [-0.25, -0.2) is 18.2 Å². The monoisotopic (exact) mass is 459 g/mol. The molecule has 3 aromatic rings.